The van der Waals surface area contributed by atoms with Crippen molar-refractivity contribution in [2.45, 2.75) is 168 Å². The van der Waals surface area contributed by atoms with Crippen molar-refractivity contribution in [3.63, 3.8) is 0 Å². The second kappa shape index (κ2) is 21.0. The summed E-state index contributed by atoms with van der Waals surface area (Å²) in [6, 6.07) is 23.2. The van der Waals surface area contributed by atoms with Crippen LogP contribution in [0.4, 0.5) is 0 Å². The van der Waals surface area contributed by atoms with Gasteiger partial charge in [-0.2, -0.15) is 0 Å². The summed E-state index contributed by atoms with van der Waals surface area (Å²) in [5.74, 6) is 0. The minimum atomic E-state index is -0.562. The molecule has 12 nitrogen and oxygen atoms in total. The summed E-state index contributed by atoms with van der Waals surface area (Å²) in [7, 11) is 0. The summed E-state index contributed by atoms with van der Waals surface area (Å²) >= 11 is 0. The summed E-state index contributed by atoms with van der Waals surface area (Å²) in [5, 5.41) is 15.8. The van der Waals surface area contributed by atoms with Gasteiger partial charge < -0.3 is 0 Å². The number of hydrogen-bond donors (Lipinski definition) is 0. The Labute approximate surface area is 449 Å². The third-order valence-corrected chi connectivity index (χ3v) is 17.5. The monoisotopic (exact) mass is 1040 g/mol. The molecule has 0 spiro atoms. The van der Waals surface area contributed by atoms with E-state index in [1.54, 1.807) is 24.3 Å². The van der Waals surface area contributed by atoms with Crippen LogP contribution in [-0.2, 0) is 0 Å². The highest BCUT2D eigenvalue weighted by molar-refractivity contribution is 6.48. The van der Waals surface area contributed by atoms with Gasteiger partial charge in [-0.15, -0.1) is 0 Å². The van der Waals surface area contributed by atoms with E-state index in [-0.39, 0.29) is 34.0 Å². The fourth-order valence-corrected chi connectivity index (χ4v) is 13.7. The van der Waals surface area contributed by atoms with E-state index >= 15 is 28.8 Å². The SMILES string of the molecule is CCCCCCC(CCCCCC)n1c(=O)c2ccc3c4ccc5c(=O)n(C(CCCCCC)CCCCCC)c(=O)c6cc7c8c(=O)n(-c9ccc(-c%10cccc%11nonc%10%11)cc9)c(=O)c8c8cc(c1=O)c2c3c8c7c4c56. The van der Waals surface area contributed by atoms with Gasteiger partial charge >= 0.3 is 0 Å². The lowest BCUT2D eigenvalue weighted by Gasteiger charge is -2.24. The van der Waals surface area contributed by atoms with Crippen LogP contribution in [0.1, 0.15) is 168 Å². The van der Waals surface area contributed by atoms with Crippen LogP contribution in [0, 0.1) is 0 Å². The van der Waals surface area contributed by atoms with Gasteiger partial charge in [0.05, 0.1) is 16.5 Å². The molecule has 78 heavy (non-hydrogen) atoms. The molecule has 0 radical (unpaired) electrons. The molecule has 0 saturated carbocycles. The van der Waals surface area contributed by atoms with Crippen molar-refractivity contribution in [1.82, 2.24) is 24.0 Å². The summed E-state index contributed by atoms with van der Waals surface area (Å²) in [5.41, 5.74) is 0.491. The topological polar surface area (TPSA) is 156 Å². The third kappa shape index (κ3) is 8.06. The molecular formula is C66H67N5O7. The Balaban J connectivity index is 1.18. The molecule has 12 rings (SSSR count). The Morgan fingerprint density at radius 3 is 1.23 bits per heavy atom. The number of pyridine rings is 2. The van der Waals surface area contributed by atoms with Crippen molar-refractivity contribution in [3.05, 3.63) is 141 Å². The molecule has 0 N–H and O–H groups in total. The lowest BCUT2D eigenvalue weighted by Crippen LogP contribution is -2.37. The van der Waals surface area contributed by atoms with Gasteiger partial charge in [-0.3, -0.25) is 37.9 Å². The molecule has 8 aromatic carbocycles. The number of aromatic nitrogens is 5. The van der Waals surface area contributed by atoms with Gasteiger partial charge in [-0.25, -0.2) is 9.20 Å². The van der Waals surface area contributed by atoms with Gasteiger partial charge in [0.15, 0.2) is 0 Å². The van der Waals surface area contributed by atoms with Crippen molar-refractivity contribution in [2.75, 3.05) is 0 Å². The molecule has 12 aromatic rings. The van der Waals surface area contributed by atoms with E-state index in [0.29, 0.717) is 107 Å². The summed E-state index contributed by atoms with van der Waals surface area (Å²) in [4.78, 5) is 92.8. The maximum atomic E-state index is 15.7. The van der Waals surface area contributed by atoms with Gasteiger partial charge in [0.2, 0.25) is 0 Å². The van der Waals surface area contributed by atoms with Crippen LogP contribution < -0.4 is 33.4 Å². The smallest absolute Gasteiger partial charge is 0.266 e. The van der Waals surface area contributed by atoms with Crippen LogP contribution in [0.5, 0.6) is 0 Å². The lowest BCUT2D eigenvalue weighted by atomic mass is 9.81. The highest BCUT2D eigenvalue weighted by atomic mass is 16.6. The molecule has 0 bridgehead atoms. The Morgan fingerprint density at radius 1 is 0.385 bits per heavy atom. The van der Waals surface area contributed by atoms with E-state index in [1.165, 1.54) is 13.7 Å². The Bertz CT molecular complexity index is 4300. The largest absolute Gasteiger partial charge is 0.271 e. The predicted molar refractivity (Wildman–Crippen MR) is 319 cm³/mol. The molecule has 0 fully saturated rings. The Kier molecular flexibility index (Phi) is 13.8. The predicted octanol–water partition coefficient (Wildman–Crippen LogP) is 14.8. The van der Waals surface area contributed by atoms with Crippen molar-refractivity contribution in [1.29, 1.82) is 0 Å². The van der Waals surface area contributed by atoms with Crippen LogP contribution in [0.2, 0.25) is 0 Å². The molecule has 0 unspecified atom stereocenters. The first kappa shape index (κ1) is 51.2. The number of fused-ring (bicyclic) bond motifs is 5. The number of rotatable bonds is 24. The van der Waals surface area contributed by atoms with Crippen molar-refractivity contribution in [2.24, 2.45) is 0 Å². The molecule has 398 valence electrons. The maximum absolute atomic E-state index is 15.7. The van der Waals surface area contributed by atoms with Crippen LogP contribution in [0.25, 0.3) is 114 Å². The molecular weight excluding hydrogens is 975 g/mol. The Morgan fingerprint density at radius 2 is 0.795 bits per heavy atom. The molecule has 0 atom stereocenters. The van der Waals surface area contributed by atoms with Crippen LogP contribution in [0.3, 0.4) is 0 Å². The van der Waals surface area contributed by atoms with Crippen LogP contribution in [0.15, 0.2) is 112 Å². The van der Waals surface area contributed by atoms with Gasteiger partial charge in [0, 0.05) is 50.0 Å². The molecule has 0 amide bonds. The fraction of sp³-hybridized carbons (Fsp3) is 0.394. The Hall–Kier alpha value is -7.60. The van der Waals surface area contributed by atoms with E-state index < -0.39 is 22.2 Å². The van der Waals surface area contributed by atoms with Crippen molar-refractivity contribution >= 4 is 97.2 Å². The van der Waals surface area contributed by atoms with Gasteiger partial charge in [0.1, 0.15) is 11.0 Å². The zero-order valence-electron chi connectivity index (χ0n) is 45.4. The first-order valence-electron chi connectivity index (χ1n) is 29.1. The van der Waals surface area contributed by atoms with Gasteiger partial charge in [-0.1, -0.05) is 167 Å². The number of benzene rings is 8. The minimum Gasteiger partial charge on any atom is -0.271 e. The number of unbranched alkanes of at least 4 members (excludes halogenated alkanes) is 12. The minimum absolute atomic E-state index is 0.138. The van der Waals surface area contributed by atoms with E-state index in [4.69, 9.17) is 4.63 Å². The molecule has 4 heterocycles. The first-order chi connectivity index (χ1) is 38.1. The van der Waals surface area contributed by atoms with Crippen LogP contribution >= 0.6 is 0 Å². The molecule has 0 saturated heterocycles. The molecule has 12 heteroatoms. The summed E-state index contributed by atoms with van der Waals surface area (Å²) < 4.78 is 9.26. The zero-order chi connectivity index (χ0) is 53.9. The second-order valence-corrected chi connectivity index (χ2v) is 22.4. The average molecular weight is 1040 g/mol. The van der Waals surface area contributed by atoms with E-state index in [2.05, 4.69) is 38.0 Å². The highest BCUT2D eigenvalue weighted by Crippen LogP contribution is 2.50. The second-order valence-electron chi connectivity index (χ2n) is 22.4. The standard InChI is InChI=1S/C66H67N5O7/c1-5-9-13-17-22-39(23-18-14-10-6-2)69-61(72)45-34-32-43-44-33-35-46-53-50(64(75)70(62(46)73)40(24-19-15-11-7-3)25-20-16-12-8-4)37-48-57(55(44)53)56-47(36-49(63(69)74)52(45)54(43)56)58-59(48)66(77)71(65(58)76)41-30-28-38(29-31-41)42-26-21-27-51-60(42)68-78-67-51/h21,26-37,39-40H,5-20,22-25H2,1-4H3. The van der Waals surface area contributed by atoms with Crippen LogP contribution in [-0.4, -0.2) is 24.0 Å². The van der Waals surface area contributed by atoms with E-state index in [0.717, 1.165) is 125 Å². The fourth-order valence-electron chi connectivity index (χ4n) is 13.7. The highest BCUT2D eigenvalue weighted by Gasteiger charge is 2.32. The number of hydrogen-bond acceptors (Lipinski definition) is 9. The summed E-state index contributed by atoms with van der Waals surface area (Å²) in [6.07, 6.45) is 18.9. The molecule has 4 aromatic heterocycles. The first-order valence-corrected chi connectivity index (χ1v) is 29.1. The molecule has 0 aliphatic heterocycles. The van der Waals surface area contributed by atoms with Crippen molar-refractivity contribution in [3.8, 4) is 16.8 Å². The van der Waals surface area contributed by atoms with Gasteiger partial charge in [0.25, 0.3) is 33.4 Å². The zero-order valence-corrected chi connectivity index (χ0v) is 45.4. The van der Waals surface area contributed by atoms with E-state index in [1.807, 2.05) is 54.6 Å². The number of nitrogens with zero attached hydrogens (tertiary/aromatic N) is 5. The normalized spacial score (nSPS) is 12.6. The molecule has 0 aliphatic rings. The van der Waals surface area contributed by atoms with Crippen molar-refractivity contribution < 1.29 is 4.63 Å². The lowest BCUT2D eigenvalue weighted by molar-refractivity contribution is 0.315. The van der Waals surface area contributed by atoms with Gasteiger partial charge in [-0.05, 0) is 127 Å². The third-order valence-electron chi connectivity index (χ3n) is 17.5. The maximum Gasteiger partial charge on any atom is 0.266 e. The average Bonchev–Trinajstić information content (AvgIpc) is 4.20. The summed E-state index contributed by atoms with van der Waals surface area (Å²) in [6.45, 7) is 8.68. The molecule has 0 aliphatic carbocycles. The quantitative estimate of drug-likeness (QED) is 0.0326. The van der Waals surface area contributed by atoms with E-state index in [9.17, 15) is 0 Å².